The van der Waals surface area contributed by atoms with Crippen LogP contribution >= 0.6 is 0 Å². The molecule has 1 aliphatic heterocycles. The third-order valence-electron chi connectivity index (χ3n) is 4.45. The van der Waals surface area contributed by atoms with Crippen LogP contribution in [-0.2, 0) is 4.79 Å². The maximum Gasteiger partial charge on any atom is 0.245 e. The molecular formula is C21H23NO3. The Labute approximate surface area is 148 Å². The number of hydrogen-bond donors (Lipinski definition) is 0. The molecule has 1 amide bonds. The molecule has 0 aromatic heterocycles. The van der Waals surface area contributed by atoms with E-state index in [1.807, 2.05) is 41.3 Å². The summed E-state index contributed by atoms with van der Waals surface area (Å²) in [5, 5.41) is 0. The van der Waals surface area contributed by atoms with Crippen LogP contribution in [0, 0.1) is 0 Å². The SMILES string of the molecule is C=CC(=O)N1CCC(Oc2cc(OC)cc(-c3ccccc3)c2)CC1. The number of methoxy groups -OCH3 is 1. The second-order valence-corrected chi connectivity index (χ2v) is 6.11. The lowest BCUT2D eigenvalue weighted by molar-refractivity contribution is -0.127. The van der Waals surface area contributed by atoms with Crippen LogP contribution in [0.15, 0.2) is 61.2 Å². The zero-order valence-electron chi connectivity index (χ0n) is 14.5. The molecule has 2 aromatic carbocycles. The second kappa shape index (κ2) is 7.88. The number of nitrogens with zero attached hydrogens (tertiary/aromatic N) is 1. The molecule has 4 nitrogen and oxygen atoms in total. The Morgan fingerprint density at radius 3 is 2.40 bits per heavy atom. The second-order valence-electron chi connectivity index (χ2n) is 6.11. The van der Waals surface area contributed by atoms with Gasteiger partial charge in [-0.05, 0) is 29.3 Å². The van der Waals surface area contributed by atoms with Crippen molar-refractivity contribution in [3.05, 3.63) is 61.2 Å². The number of likely N-dealkylation sites (tertiary alicyclic amines) is 1. The van der Waals surface area contributed by atoms with E-state index >= 15 is 0 Å². The van der Waals surface area contributed by atoms with Gasteiger partial charge in [0.25, 0.3) is 0 Å². The van der Waals surface area contributed by atoms with E-state index < -0.39 is 0 Å². The van der Waals surface area contributed by atoms with Crippen LogP contribution in [0.2, 0.25) is 0 Å². The standard InChI is InChI=1S/C21H23NO3/c1-3-21(23)22-11-9-18(10-12-22)25-20-14-17(13-19(15-20)24-2)16-7-5-4-6-8-16/h3-8,13-15,18H,1,9-12H2,2H3. The van der Waals surface area contributed by atoms with Gasteiger partial charge < -0.3 is 14.4 Å². The molecular weight excluding hydrogens is 314 g/mol. The average molecular weight is 337 g/mol. The smallest absolute Gasteiger partial charge is 0.245 e. The lowest BCUT2D eigenvalue weighted by atomic mass is 10.0. The molecule has 1 heterocycles. The van der Waals surface area contributed by atoms with E-state index in [1.165, 1.54) is 6.08 Å². The summed E-state index contributed by atoms with van der Waals surface area (Å²) in [5.74, 6) is 1.56. The van der Waals surface area contributed by atoms with Crippen molar-refractivity contribution in [2.75, 3.05) is 20.2 Å². The van der Waals surface area contributed by atoms with E-state index in [0.717, 1.165) is 35.5 Å². The van der Waals surface area contributed by atoms with Gasteiger partial charge in [0.15, 0.2) is 0 Å². The summed E-state index contributed by atoms with van der Waals surface area (Å²) in [6.07, 6.45) is 3.11. The Morgan fingerprint density at radius 2 is 1.76 bits per heavy atom. The first kappa shape index (κ1) is 17.1. The lowest BCUT2D eigenvalue weighted by Crippen LogP contribution is -2.41. The van der Waals surface area contributed by atoms with Crippen molar-refractivity contribution < 1.29 is 14.3 Å². The maximum absolute atomic E-state index is 11.7. The van der Waals surface area contributed by atoms with Crippen LogP contribution in [0.1, 0.15) is 12.8 Å². The number of carbonyl (C=O) groups is 1. The molecule has 0 aliphatic carbocycles. The van der Waals surface area contributed by atoms with Gasteiger partial charge in [-0.1, -0.05) is 36.9 Å². The van der Waals surface area contributed by atoms with Crippen LogP contribution in [0.25, 0.3) is 11.1 Å². The summed E-state index contributed by atoms with van der Waals surface area (Å²) in [7, 11) is 1.66. The van der Waals surface area contributed by atoms with Gasteiger partial charge in [-0.25, -0.2) is 0 Å². The first-order valence-electron chi connectivity index (χ1n) is 8.52. The van der Waals surface area contributed by atoms with Crippen molar-refractivity contribution >= 4 is 5.91 Å². The number of hydrogen-bond acceptors (Lipinski definition) is 3. The summed E-state index contributed by atoms with van der Waals surface area (Å²) in [6, 6.07) is 16.1. The highest BCUT2D eigenvalue weighted by Crippen LogP contribution is 2.31. The number of benzene rings is 2. The van der Waals surface area contributed by atoms with Crippen molar-refractivity contribution in [2.24, 2.45) is 0 Å². The highest BCUT2D eigenvalue weighted by atomic mass is 16.5. The van der Waals surface area contributed by atoms with Crippen LogP contribution < -0.4 is 9.47 Å². The number of piperidine rings is 1. The molecule has 130 valence electrons. The quantitative estimate of drug-likeness (QED) is 0.776. The molecule has 0 bridgehead atoms. The van der Waals surface area contributed by atoms with E-state index in [9.17, 15) is 4.79 Å². The highest BCUT2D eigenvalue weighted by Gasteiger charge is 2.22. The average Bonchev–Trinajstić information content (AvgIpc) is 2.68. The number of rotatable bonds is 5. The fourth-order valence-corrected chi connectivity index (χ4v) is 3.07. The molecule has 0 atom stereocenters. The van der Waals surface area contributed by atoms with Gasteiger partial charge in [0.1, 0.15) is 17.6 Å². The van der Waals surface area contributed by atoms with Gasteiger partial charge in [-0.3, -0.25) is 4.79 Å². The molecule has 0 spiro atoms. The number of ether oxygens (including phenoxy) is 2. The summed E-state index contributed by atoms with van der Waals surface area (Å²) in [5.41, 5.74) is 2.19. The van der Waals surface area contributed by atoms with Crippen molar-refractivity contribution in [1.82, 2.24) is 4.90 Å². The monoisotopic (exact) mass is 337 g/mol. The third kappa shape index (κ3) is 4.21. The maximum atomic E-state index is 11.7. The van der Waals surface area contributed by atoms with Crippen LogP contribution in [0.5, 0.6) is 11.5 Å². The minimum atomic E-state index is -0.00815. The largest absolute Gasteiger partial charge is 0.497 e. The van der Waals surface area contributed by atoms with Gasteiger partial charge in [-0.15, -0.1) is 0 Å². The minimum Gasteiger partial charge on any atom is -0.497 e. The zero-order chi connectivity index (χ0) is 17.6. The fourth-order valence-electron chi connectivity index (χ4n) is 3.07. The summed E-state index contributed by atoms with van der Waals surface area (Å²) in [6.45, 7) is 4.94. The number of amides is 1. The number of carbonyl (C=O) groups excluding carboxylic acids is 1. The van der Waals surface area contributed by atoms with E-state index in [4.69, 9.17) is 9.47 Å². The zero-order valence-corrected chi connectivity index (χ0v) is 14.5. The highest BCUT2D eigenvalue weighted by molar-refractivity contribution is 5.87. The molecule has 2 aromatic rings. The van der Waals surface area contributed by atoms with E-state index in [-0.39, 0.29) is 12.0 Å². The van der Waals surface area contributed by atoms with Gasteiger partial charge in [0, 0.05) is 32.0 Å². The minimum absolute atomic E-state index is 0.00815. The summed E-state index contributed by atoms with van der Waals surface area (Å²) >= 11 is 0. The third-order valence-corrected chi connectivity index (χ3v) is 4.45. The van der Waals surface area contributed by atoms with Crippen molar-refractivity contribution in [3.63, 3.8) is 0 Å². The predicted octanol–water partition coefficient (Wildman–Crippen LogP) is 3.92. The molecule has 1 fully saturated rings. The normalized spacial score (nSPS) is 14.8. The molecule has 0 unspecified atom stereocenters. The Morgan fingerprint density at radius 1 is 1.08 bits per heavy atom. The van der Waals surface area contributed by atoms with Crippen molar-refractivity contribution in [3.8, 4) is 22.6 Å². The van der Waals surface area contributed by atoms with Crippen LogP contribution in [0.4, 0.5) is 0 Å². The molecule has 1 saturated heterocycles. The first-order chi connectivity index (χ1) is 12.2. The summed E-state index contributed by atoms with van der Waals surface area (Å²) < 4.78 is 11.6. The molecule has 1 aliphatic rings. The molecule has 3 rings (SSSR count). The van der Waals surface area contributed by atoms with E-state index in [2.05, 4.69) is 18.7 Å². The van der Waals surface area contributed by atoms with Gasteiger partial charge in [0.05, 0.1) is 7.11 Å². The molecule has 0 saturated carbocycles. The Hall–Kier alpha value is -2.75. The summed E-state index contributed by atoms with van der Waals surface area (Å²) in [4.78, 5) is 13.5. The van der Waals surface area contributed by atoms with Crippen molar-refractivity contribution in [2.45, 2.75) is 18.9 Å². The van der Waals surface area contributed by atoms with Gasteiger partial charge >= 0.3 is 0 Å². The van der Waals surface area contributed by atoms with Gasteiger partial charge in [-0.2, -0.15) is 0 Å². The Balaban J connectivity index is 1.72. The lowest BCUT2D eigenvalue weighted by Gasteiger charge is -2.31. The van der Waals surface area contributed by atoms with Gasteiger partial charge in [0.2, 0.25) is 5.91 Å². The topological polar surface area (TPSA) is 38.8 Å². The van der Waals surface area contributed by atoms with Crippen LogP contribution in [0.3, 0.4) is 0 Å². The Kier molecular flexibility index (Phi) is 5.39. The van der Waals surface area contributed by atoms with E-state index in [0.29, 0.717) is 13.1 Å². The first-order valence-corrected chi connectivity index (χ1v) is 8.52. The van der Waals surface area contributed by atoms with Crippen molar-refractivity contribution in [1.29, 1.82) is 0 Å². The molecule has 0 radical (unpaired) electrons. The molecule has 0 N–H and O–H groups in total. The molecule has 25 heavy (non-hydrogen) atoms. The molecule has 4 heteroatoms. The van der Waals surface area contributed by atoms with Crippen LogP contribution in [-0.4, -0.2) is 37.1 Å². The predicted molar refractivity (Wildman–Crippen MR) is 98.9 cm³/mol. The van der Waals surface area contributed by atoms with E-state index in [1.54, 1.807) is 7.11 Å². The Bertz CT molecular complexity index is 734. The fraction of sp³-hybridized carbons (Fsp3) is 0.286.